The Morgan fingerprint density at radius 1 is 1.29 bits per heavy atom. The molecule has 0 saturated carbocycles. The van der Waals surface area contributed by atoms with Crippen LogP contribution < -0.4 is 4.74 Å². The van der Waals surface area contributed by atoms with Crippen LogP contribution in [-0.2, 0) is 6.42 Å². The molecule has 1 aliphatic rings. The van der Waals surface area contributed by atoms with Crippen LogP contribution >= 0.6 is 0 Å². The van der Waals surface area contributed by atoms with Gasteiger partial charge in [0.15, 0.2) is 0 Å². The number of benzene rings is 1. The molecule has 1 aromatic carbocycles. The summed E-state index contributed by atoms with van der Waals surface area (Å²) in [6.45, 7) is 8.83. The average molecular weight is 190 g/mol. The van der Waals surface area contributed by atoms with Gasteiger partial charge in [-0.1, -0.05) is 38.5 Å². The van der Waals surface area contributed by atoms with Crippen molar-refractivity contribution in [3.05, 3.63) is 29.3 Å². The predicted molar refractivity (Wildman–Crippen MR) is 58.8 cm³/mol. The van der Waals surface area contributed by atoms with Crippen LogP contribution in [0.4, 0.5) is 0 Å². The summed E-state index contributed by atoms with van der Waals surface area (Å²) in [5, 5.41) is 0. The second-order valence-electron chi connectivity index (χ2n) is 5.29. The summed E-state index contributed by atoms with van der Waals surface area (Å²) in [6.07, 6.45) is 1.39. The zero-order valence-electron chi connectivity index (χ0n) is 9.42. The third-order valence-corrected chi connectivity index (χ3v) is 2.86. The van der Waals surface area contributed by atoms with Crippen LogP contribution in [0.3, 0.4) is 0 Å². The fraction of sp³-hybridized carbons (Fsp3) is 0.538. The molecule has 0 aromatic heterocycles. The zero-order chi connectivity index (χ0) is 10.3. The molecule has 1 aliphatic heterocycles. The van der Waals surface area contributed by atoms with Gasteiger partial charge in [0.05, 0.1) is 0 Å². The predicted octanol–water partition coefficient (Wildman–Crippen LogP) is 3.34. The summed E-state index contributed by atoms with van der Waals surface area (Å²) in [5.74, 6) is 1.08. The van der Waals surface area contributed by atoms with Crippen molar-refractivity contribution in [2.45, 2.75) is 40.2 Å². The van der Waals surface area contributed by atoms with E-state index in [1.54, 1.807) is 0 Å². The molecule has 1 heterocycles. The second-order valence-corrected chi connectivity index (χ2v) is 5.29. The van der Waals surface area contributed by atoms with Crippen molar-refractivity contribution in [3.63, 3.8) is 0 Å². The maximum Gasteiger partial charge on any atom is 0.123 e. The van der Waals surface area contributed by atoms with E-state index in [4.69, 9.17) is 4.74 Å². The number of ether oxygens (including phenoxy) is 1. The number of hydrogen-bond donors (Lipinski definition) is 0. The van der Waals surface area contributed by atoms with Crippen LogP contribution in [-0.4, -0.2) is 6.10 Å². The van der Waals surface area contributed by atoms with Gasteiger partial charge in [-0.2, -0.15) is 0 Å². The molecule has 76 valence electrons. The number of aryl methyl sites for hydroxylation is 1. The van der Waals surface area contributed by atoms with Crippen LogP contribution in [0.25, 0.3) is 0 Å². The lowest BCUT2D eigenvalue weighted by molar-refractivity contribution is 0.109. The van der Waals surface area contributed by atoms with E-state index in [1.807, 2.05) is 0 Å². The van der Waals surface area contributed by atoms with Gasteiger partial charge in [0, 0.05) is 6.42 Å². The third-order valence-electron chi connectivity index (χ3n) is 2.86. The summed E-state index contributed by atoms with van der Waals surface area (Å²) in [6, 6.07) is 6.45. The molecule has 0 bridgehead atoms. The quantitative estimate of drug-likeness (QED) is 0.609. The first kappa shape index (κ1) is 9.57. The van der Waals surface area contributed by atoms with Gasteiger partial charge in [-0.05, 0) is 24.0 Å². The van der Waals surface area contributed by atoms with E-state index in [-0.39, 0.29) is 5.41 Å². The van der Waals surface area contributed by atoms with E-state index >= 15 is 0 Å². The van der Waals surface area contributed by atoms with Gasteiger partial charge in [0.25, 0.3) is 0 Å². The first-order chi connectivity index (χ1) is 6.47. The maximum absolute atomic E-state index is 5.93. The highest BCUT2D eigenvalue weighted by Gasteiger charge is 2.32. The molecule has 1 nitrogen and oxygen atoms in total. The first-order valence-corrected chi connectivity index (χ1v) is 5.23. The molecule has 1 atom stereocenters. The monoisotopic (exact) mass is 190 g/mol. The van der Waals surface area contributed by atoms with Gasteiger partial charge in [-0.3, -0.25) is 0 Å². The molecule has 1 aromatic rings. The average Bonchev–Trinajstić information content (AvgIpc) is 2.45. The Bertz CT molecular complexity index is 347. The van der Waals surface area contributed by atoms with Crippen molar-refractivity contribution in [2.24, 2.45) is 5.41 Å². The minimum atomic E-state index is 0.229. The van der Waals surface area contributed by atoms with Gasteiger partial charge in [0.1, 0.15) is 11.9 Å². The van der Waals surface area contributed by atoms with E-state index < -0.39 is 0 Å². The fourth-order valence-electron chi connectivity index (χ4n) is 1.86. The fourth-order valence-corrected chi connectivity index (χ4v) is 1.86. The Kier molecular flexibility index (Phi) is 2.06. The minimum Gasteiger partial charge on any atom is -0.489 e. The van der Waals surface area contributed by atoms with E-state index in [0.717, 1.165) is 12.2 Å². The Morgan fingerprint density at radius 2 is 2.00 bits per heavy atom. The highest BCUT2D eigenvalue weighted by atomic mass is 16.5. The molecular weight excluding hydrogens is 172 g/mol. The van der Waals surface area contributed by atoms with Crippen LogP contribution in [0.2, 0.25) is 0 Å². The Hall–Kier alpha value is -0.980. The van der Waals surface area contributed by atoms with Gasteiger partial charge >= 0.3 is 0 Å². The molecule has 14 heavy (non-hydrogen) atoms. The van der Waals surface area contributed by atoms with E-state index in [2.05, 4.69) is 45.9 Å². The van der Waals surface area contributed by atoms with Crippen molar-refractivity contribution in [3.8, 4) is 5.75 Å². The van der Waals surface area contributed by atoms with Crippen molar-refractivity contribution in [2.75, 3.05) is 0 Å². The molecule has 0 aliphatic carbocycles. The highest BCUT2D eigenvalue weighted by molar-refractivity contribution is 5.40. The molecular formula is C13H18O. The topological polar surface area (TPSA) is 9.23 Å². The molecule has 0 N–H and O–H groups in total. The Balaban J connectivity index is 2.26. The Labute approximate surface area is 86.1 Å². The van der Waals surface area contributed by atoms with E-state index in [9.17, 15) is 0 Å². The van der Waals surface area contributed by atoms with E-state index in [0.29, 0.717) is 6.10 Å². The normalized spacial score (nSPS) is 20.4. The molecule has 1 unspecified atom stereocenters. The highest BCUT2D eigenvalue weighted by Crippen LogP contribution is 2.36. The smallest absolute Gasteiger partial charge is 0.123 e. The molecule has 0 amide bonds. The van der Waals surface area contributed by atoms with Crippen molar-refractivity contribution >= 4 is 0 Å². The molecule has 0 saturated heterocycles. The molecule has 2 rings (SSSR count). The number of fused-ring (bicyclic) bond motifs is 1. The zero-order valence-corrected chi connectivity index (χ0v) is 9.42. The maximum atomic E-state index is 5.93. The van der Waals surface area contributed by atoms with Crippen molar-refractivity contribution < 1.29 is 4.74 Å². The lowest BCUT2D eigenvalue weighted by atomic mass is 9.86. The van der Waals surface area contributed by atoms with Crippen molar-refractivity contribution in [1.29, 1.82) is 0 Å². The van der Waals surface area contributed by atoms with Crippen LogP contribution in [0.1, 0.15) is 31.9 Å². The minimum absolute atomic E-state index is 0.229. The van der Waals surface area contributed by atoms with Crippen LogP contribution in [0.5, 0.6) is 5.75 Å². The molecule has 1 heteroatoms. The number of hydrogen-bond acceptors (Lipinski definition) is 1. The Morgan fingerprint density at radius 3 is 2.64 bits per heavy atom. The van der Waals surface area contributed by atoms with Gasteiger partial charge in [-0.25, -0.2) is 0 Å². The summed E-state index contributed by atoms with van der Waals surface area (Å²) >= 11 is 0. The lowest BCUT2D eigenvalue weighted by Crippen LogP contribution is -2.30. The SMILES string of the molecule is Cc1ccc2c(c1)CC(C(C)(C)C)O2. The lowest BCUT2D eigenvalue weighted by Gasteiger charge is -2.25. The van der Waals surface area contributed by atoms with E-state index in [1.165, 1.54) is 11.1 Å². The summed E-state index contributed by atoms with van der Waals surface area (Å²) < 4.78 is 5.93. The third kappa shape index (κ3) is 1.63. The first-order valence-electron chi connectivity index (χ1n) is 5.23. The van der Waals surface area contributed by atoms with Gasteiger partial charge in [-0.15, -0.1) is 0 Å². The number of rotatable bonds is 0. The van der Waals surface area contributed by atoms with Crippen molar-refractivity contribution in [1.82, 2.24) is 0 Å². The van der Waals surface area contributed by atoms with Gasteiger partial charge in [0.2, 0.25) is 0 Å². The van der Waals surface area contributed by atoms with Crippen LogP contribution in [0, 0.1) is 12.3 Å². The standard InChI is InChI=1S/C13H18O/c1-9-5-6-11-10(7-9)8-12(14-11)13(2,3)4/h5-7,12H,8H2,1-4H3. The van der Waals surface area contributed by atoms with Gasteiger partial charge < -0.3 is 4.74 Å². The van der Waals surface area contributed by atoms with Crippen LogP contribution in [0.15, 0.2) is 18.2 Å². The molecule has 0 radical (unpaired) electrons. The second kappa shape index (κ2) is 3.01. The molecule has 0 spiro atoms. The summed E-state index contributed by atoms with van der Waals surface area (Å²) in [4.78, 5) is 0. The largest absolute Gasteiger partial charge is 0.489 e. The molecule has 0 fully saturated rings. The summed E-state index contributed by atoms with van der Waals surface area (Å²) in [7, 11) is 0. The summed E-state index contributed by atoms with van der Waals surface area (Å²) in [5.41, 5.74) is 2.92.